The first-order valence-electron chi connectivity index (χ1n) is 5.96. The van der Waals surface area contributed by atoms with Crippen molar-refractivity contribution in [2.24, 2.45) is 5.92 Å². The van der Waals surface area contributed by atoms with Gasteiger partial charge in [0.25, 0.3) is 0 Å². The number of hydrogen-bond acceptors (Lipinski definition) is 4. The van der Waals surface area contributed by atoms with E-state index in [0.29, 0.717) is 5.69 Å². The van der Waals surface area contributed by atoms with Crippen LogP contribution < -0.4 is 0 Å². The number of carbonyl (C=O) groups is 1. The molecule has 5 nitrogen and oxygen atoms in total. The molecule has 1 aliphatic rings. The van der Waals surface area contributed by atoms with Crippen molar-refractivity contribution >= 4 is 17.3 Å². The van der Waals surface area contributed by atoms with E-state index in [1.165, 1.54) is 24.2 Å². The van der Waals surface area contributed by atoms with Crippen LogP contribution in [0.25, 0.3) is 10.6 Å². The van der Waals surface area contributed by atoms with Crippen LogP contribution in [0, 0.1) is 5.92 Å². The summed E-state index contributed by atoms with van der Waals surface area (Å²) in [6.45, 7) is 0.748. The van der Waals surface area contributed by atoms with E-state index in [1.807, 2.05) is 17.5 Å². The number of carboxylic acids is 1. The minimum absolute atomic E-state index is 0.0493. The molecule has 2 heterocycles. The van der Waals surface area contributed by atoms with Gasteiger partial charge in [0, 0.05) is 6.54 Å². The highest BCUT2D eigenvalue weighted by atomic mass is 32.1. The van der Waals surface area contributed by atoms with Crippen molar-refractivity contribution in [3.05, 3.63) is 23.2 Å². The van der Waals surface area contributed by atoms with Crippen LogP contribution in [-0.4, -0.2) is 26.1 Å². The smallest absolute Gasteiger partial charge is 0.358 e. The number of aromatic nitrogens is 3. The minimum atomic E-state index is -1.02. The first-order valence-corrected chi connectivity index (χ1v) is 6.84. The maximum atomic E-state index is 11.2. The molecule has 1 N–H and O–H groups in total. The van der Waals surface area contributed by atoms with Crippen LogP contribution in [0.2, 0.25) is 0 Å². The Morgan fingerprint density at radius 1 is 1.56 bits per heavy atom. The molecule has 0 radical (unpaired) electrons. The number of carboxylic acid groups (broad SMARTS) is 1. The Balaban J connectivity index is 1.94. The van der Waals surface area contributed by atoms with Gasteiger partial charge >= 0.3 is 5.97 Å². The zero-order valence-corrected chi connectivity index (χ0v) is 10.6. The topological polar surface area (TPSA) is 68.0 Å². The highest BCUT2D eigenvalue weighted by Gasteiger charge is 2.24. The van der Waals surface area contributed by atoms with Gasteiger partial charge in [-0.25, -0.2) is 9.48 Å². The summed E-state index contributed by atoms with van der Waals surface area (Å²) >= 11 is 1.51. The van der Waals surface area contributed by atoms with E-state index < -0.39 is 5.97 Å². The summed E-state index contributed by atoms with van der Waals surface area (Å²) in [7, 11) is 0. The highest BCUT2D eigenvalue weighted by Crippen LogP contribution is 2.34. The van der Waals surface area contributed by atoms with Crippen LogP contribution >= 0.6 is 11.3 Å². The molecule has 0 amide bonds. The standard InChI is InChI=1S/C12H13N3O2S/c16-12(17)10-11(9-2-1-7-18-9)15(14-13-10)6-5-8-3-4-8/h1-2,7-8H,3-6H2,(H,16,17). The fourth-order valence-corrected chi connectivity index (χ4v) is 2.76. The lowest BCUT2D eigenvalue weighted by Gasteiger charge is -2.04. The Kier molecular flexibility index (Phi) is 2.87. The van der Waals surface area contributed by atoms with Crippen LogP contribution in [0.4, 0.5) is 0 Å². The van der Waals surface area contributed by atoms with Gasteiger partial charge in [0.05, 0.1) is 4.88 Å². The fourth-order valence-electron chi connectivity index (χ4n) is 1.98. The predicted molar refractivity (Wildman–Crippen MR) is 67.6 cm³/mol. The normalized spacial score (nSPS) is 14.9. The van der Waals surface area contributed by atoms with Gasteiger partial charge in [0.1, 0.15) is 5.69 Å². The van der Waals surface area contributed by atoms with Crippen LogP contribution in [-0.2, 0) is 6.54 Å². The molecular formula is C12H13N3O2S. The van der Waals surface area contributed by atoms with E-state index in [9.17, 15) is 4.79 Å². The van der Waals surface area contributed by atoms with Crippen molar-refractivity contribution in [3.8, 4) is 10.6 Å². The summed E-state index contributed by atoms with van der Waals surface area (Å²) in [6.07, 6.45) is 3.63. The van der Waals surface area contributed by atoms with Crippen molar-refractivity contribution in [2.75, 3.05) is 0 Å². The third-order valence-corrected chi connectivity index (χ3v) is 4.01. The highest BCUT2D eigenvalue weighted by molar-refractivity contribution is 7.13. The maximum absolute atomic E-state index is 11.2. The third kappa shape index (κ3) is 2.15. The van der Waals surface area contributed by atoms with Gasteiger partial charge in [-0.05, 0) is 23.8 Å². The Labute approximate surface area is 108 Å². The molecule has 2 aromatic heterocycles. The molecule has 1 fully saturated rings. The quantitative estimate of drug-likeness (QED) is 0.900. The Bertz CT molecular complexity index is 558. The molecule has 0 aromatic carbocycles. The van der Waals surface area contributed by atoms with E-state index in [4.69, 9.17) is 5.11 Å². The second-order valence-corrected chi connectivity index (χ2v) is 5.47. The van der Waals surface area contributed by atoms with Crippen LogP contribution in [0.5, 0.6) is 0 Å². The van der Waals surface area contributed by atoms with Crippen molar-refractivity contribution in [1.82, 2.24) is 15.0 Å². The van der Waals surface area contributed by atoms with E-state index in [2.05, 4.69) is 10.3 Å². The van der Waals surface area contributed by atoms with E-state index in [1.54, 1.807) is 4.68 Å². The zero-order valence-electron chi connectivity index (χ0n) is 9.74. The minimum Gasteiger partial charge on any atom is -0.476 e. The van der Waals surface area contributed by atoms with E-state index in [-0.39, 0.29) is 5.69 Å². The van der Waals surface area contributed by atoms with Gasteiger partial charge in [-0.15, -0.1) is 16.4 Å². The van der Waals surface area contributed by atoms with Gasteiger partial charge < -0.3 is 5.11 Å². The lowest BCUT2D eigenvalue weighted by Crippen LogP contribution is -2.05. The molecule has 0 unspecified atom stereocenters. The molecule has 2 aromatic rings. The molecule has 0 atom stereocenters. The average molecular weight is 263 g/mol. The SMILES string of the molecule is O=C(O)c1nnn(CCC2CC2)c1-c1cccs1. The summed E-state index contributed by atoms with van der Waals surface area (Å²) in [5.41, 5.74) is 0.686. The summed E-state index contributed by atoms with van der Waals surface area (Å²) in [6, 6.07) is 3.81. The largest absolute Gasteiger partial charge is 0.476 e. The summed E-state index contributed by atoms with van der Waals surface area (Å²) < 4.78 is 1.73. The second-order valence-electron chi connectivity index (χ2n) is 4.52. The first-order chi connectivity index (χ1) is 8.75. The van der Waals surface area contributed by atoms with Gasteiger partial charge in [0.2, 0.25) is 0 Å². The van der Waals surface area contributed by atoms with Gasteiger partial charge in [-0.2, -0.15) is 0 Å². The van der Waals surface area contributed by atoms with Gasteiger partial charge in [0.15, 0.2) is 5.69 Å². The zero-order chi connectivity index (χ0) is 12.5. The van der Waals surface area contributed by atoms with Crippen molar-refractivity contribution in [1.29, 1.82) is 0 Å². The molecule has 0 aliphatic heterocycles. The maximum Gasteiger partial charge on any atom is 0.358 e. The summed E-state index contributed by atoms with van der Waals surface area (Å²) in [4.78, 5) is 12.1. The number of aryl methyl sites for hydroxylation is 1. The molecule has 18 heavy (non-hydrogen) atoms. The van der Waals surface area contributed by atoms with Gasteiger partial charge in [-0.3, -0.25) is 0 Å². The molecule has 94 valence electrons. The number of thiophene rings is 1. The number of nitrogens with zero attached hydrogens (tertiary/aromatic N) is 3. The number of rotatable bonds is 5. The van der Waals surface area contributed by atoms with Crippen LogP contribution in [0.3, 0.4) is 0 Å². The molecular weight excluding hydrogens is 250 g/mol. The molecule has 3 rings (SSSR count). The van der Waals surface area contributed by atoms with Gasteiger partial charge in [-0.1, -0.05) is 24.1 Å². The molecule has 0 bridgehead atoms. The second kappa shape index (κ2) is 4.53. The lowest BCUT2D eigenvalue weighted by atomic mass is 10.2. The van der Waals surface area contributed by atoms with Crippen LogP contribution in [0.15, 0.2) is 17.5 Å². The Morgan fingerprint density at radius 2 is 2.39 bits per heavy atom. The molecule has 0 saturated heterocycles. The fraction of sp³-hybridized carbons (Fsp3) is 0.417. The molecule has 1 saturated carbocycles. The summed E-state index contributed by atoms with van der Waals surface area (Å²) in [5, 5.41) is 18.9. The van der Waals surface area contributed by atoms with Crippen molar-refractivity contribution < 1.29 is 9.90 Å². The molecule has 1 aliphatic carbocycles. The van der Waals surface area contributed by atoms with E-state index >= 15 is 0 Å². The lowest BCUT2D eigenvalue weighted by molar-refractivity contribution is 0.0691. The number of aromatic carboxylic acids is 1. The van der Waals surface area contributed by atoms with Crippen molar-refractivity contribution in [3.63, 3.8) is 0 Å². The average Bonchev–Trinajstić information content (AvgIpc) is 2.88. The number of hydrogen-bond donors (Lipinski definition) is 1. The summed E-state index contributed by atoms with van der Waals surface area (Å²) in [5.74, 6) is -0.227. The monoisotopic (exact) mass is 263 g/mol. The van der Waals surface area contributed by atoms with Crippen LogP contribution in [0.1, 0.15) is 29.8 Å². The Hall–Kier alpha value is -1.69. The Morgan fingerprint density at radius 3 is 3.00 bits per heavy atom. The molecule has 6 heteroatoms. The van der Waals surface area contributed by atoms with Crippen molar-refractivity contribution in [2.45, 2.75) is 25.8 Å². The first kappa shape index (κ1) is 11.4. The third-order valence-electron chi connectivity index (χ3n) is 3.14. The predicted octanol–water partition coefficient (Wildman–Crippen LogP) is 2.50. The van der Waals surface area contributed by atoms with E-state index in [0.717, 1.165) is 23.8 Å². The molecule has 0 spiro atoms.